The van der Waals surface area contributed by atoms with E-state index < -0.39 is 37.0 Å². The monoisotopic (exact) mass is 815 g/mol. The molecule has 4 saturated heterocycles. The lowest BCUT2D eigenvalue weighted by Gasteiger charge is -2.39. The van der Waals surface area contributed by atoms with Crippen LogP contribution in [0.25, 0.3) is 0 Å². The van der Waals surface area contributed by atoms with Crippen LogP contribution in [0.1, 0.15) is 50.2 Å². The fraction of sp³-hybridized carbons (Fsp3) is 0.488. The number of piperidine rings is 1. The molecular weight excluding hydrogens is 766 g/mol. The zero-order chi connectivity index (χ0) is 38.0. The van der Waals surface area contributed by atoms with E-state index in [-0.39, 0.29) is 43.3 Å². The molecular formula is C41H50BrN5O6Si. The topological polar surface area (TPSA) is 126 Å². The minimum absolute atomic E-state index is 0.0321. The Bertz CT molecular complexity index is 1940. The molecule has 3 aromatic carbocycles. The van der Waals surface area contributed by atoms with Gasteiger partial charge >= 0.3 is 0 Å². The number of benzene rings is 3. The van der Waals surface area contributed by atoms with Gasteiger partial charge in [-0.15, -0.1) is 0 Å². The molecule has 13 heteroatoms. The average Bonchev–Trinajstić information content (AvgIpc) is 3.88. The number of fused-ring (bicyclic) bond motifs is 2. The first-order chi connectivity index (χ1) is 25.9. The first-order valence-electron chi connectivity index (χ1n) is 19.3. The molecule has 0 unspecified atom stereocenters. The summed E-state index contributed by atoms with van der Waals surface area (Å²) < 4.78 is 7.75. The molecule has 0 aromatic heterocycles. The Morgan fingerprint density at radius 2 is 1.74 bits per heavy atom. The Labute approximate surface area is 326 Å². The predicted molar refractivity (Wildman–Crippen MR) is 213 cm³/mol. The van der Waals surface area contributed by atoms with Gasteiger partial charge in [-0.1, -0.05) is 53.2 Å². The molecule has 5 heterocycles. The summed E-state index contributed by atoms with van der Waals surface area (Å²) in [5.74, 6) is -0.668. The van der Waals surface area contributed by atoms with Gasteiger partial charge in [-0.05, 0) is 99.9 Å². The number of nitrogens with zero attached hydrogens (tertiary/aromatic N) is 4. The van der Waals surface area contributed by atoms with Gasteiger partial charge in [0.25, 0.3) is 11.8 Å². The molecule has 286 valence electrons. The van der Waals surface area contributed by atoms with Crippen LogP contribution in [0.2, 0.25) is 18.6 Å². The second-order valence-corrected chi connectivity index (χ2v) is 21.2. The van der Waals surface area contributed by atoms with Crippen molar-refractivity contribution in [3.8, 4) is 0 Å². The SMILES string of the molecule is C[C@@H]1[C@@H]([Si](C)(C)O)[C@H](CC(=O)N2CCC[C@H]2CO)O[C@@]12C(=O)N(Cc1cccc(N3CN(c4ccccc4)C4(CCNCC4)C3=O)c1)c1ccc(Br)cc12. The van der Waals surface area contributed by atoms with Crippen LogP contribution in [0, 0.1) is 5.92 Å². The van der Waals surface area contributed by atoms with E-state index in [0.29, 0.717) is 26.1 Å². The fourth-order valence-electron chi connectivity index (χ4n) is 10.2. The van der Waals surface area contributed by atoms with Crippen molar-refractivity contribution in [2.75, 3.05) is 47.6 Å². The fourth-order valence-corrected chi connectivity index (χ4v) is 13.1. The van der Waals surface area contributed by atoms with Crippen molar-refractivity contribution < 1.29 is 29.0 Å². The van der Waals surface area contributed by atoms with Crippen molar-refractivity contribution in [2.45, 2.75) is 87.5 Å². The van der Waals surface area contributed by atoms with Crippen LogP contribution in [-0.2, 0) is 31.3 Å². The number of halogens is 1. The van der Waals surface area contributed by atoms with Gasteiger partial charge < -0.3 is 34.7 Å². The molecule has 0 aliphatic carbocycles. The number of aliphatic hydroxyl groups is 1. The summed E-state index contributed by atoms with van der Waals surface area (Å²) in [7, 11) is -2.99. The maximum Gasteiger partial charge on any atom is 0.264 e. The van der Waals surface area contributed by atoms with Crippen LogP contribution in [0.15, 0.2) is 77.3 Å². The standard InChI is InChI=1S/C41H50BrN5O6Si/c1-27-37(54(2,3)52)35(23-36(49)44-20-8-13-32(44)25-48)53-41(27)33-22-29(42)14-15-34(33)45(39(41)51)24-28-9-7-12-31(21-28)46-26-47(30-10-5-4-6-11-30)40(38(46)50)16-18-43-19-17-40/h4-7,9-12,14-15,21-22,27,32,35,37,43,48,52H,8,13,16-20,23-26H2,1-3H3/t27-,32+,35+,37-,41+/m1/s1. The molecule has 2 spiro atoms. The van der Waals surface area contributed by atoms with E-state index in [1.54, 1.807) is 9.80 Å². The molecule has 3 aromatic rings. The van der Waals surface area contributed by atoms with Crippen LogP contribution in [0.4, 0.5) is 17.1 Å². The summed E-state index contributed by atoms with van der Waals surface area (Å²) in [5.41, 5.74) is 1.69. The summed E-state index contributed by atoms with van der Waals surface area (Å²) in [6.07, 6.45) is 2.38. The Morgan fingerprint density at radius 3 is 2.46 bits per heavy atom. The predicted octanol–water partition coefficient (Wildman–Crippen LogP) is 5.10. The number of hydrogen-bond acceptors (Lipinski definition) is 8. The van der Waals surface area contributed by atoms with Crippen molar-refractivity contribution >= 4 is 59.0 Å². The Morgan fingerprint density at radius 1 is 1.00 bits per heavy atom. The van der Waals surface area contributed by atoms with Crippen molar-refractivity contribution in [3.63, 3.8) is 0 Å². The number of nitrogens with one attached hydrogen (secondary N) is 1. The average molecular weight is 817 g/mol. The van der Waals surface area contributed by atoms with E-state index >= 15 is 4.79 Å². The maximum atomic E-state index is 15.1. The number of carbonyl (C=O) groups excluding carboxylic acids is 3. The molecule has 8 rings (SSSR count). The van der Waals surface area contributed by atoms with Gasteiger partial charge in [-0.3, -0.25) is 19.3 Å². The number of amides is 3. The molecule has 5 atom stereocenters. The Balaban J connectivity index is 1.11. The number of hydrogen-bond donors (Lipinski definition) is 3. The van der Waals surface area contributed by atoms with Gasteiger partial charge in [0.2, 0.25) is 5.91 Å². The largest absolute Gasteiger partial charge is 0.432 e. The molecule has 4 fully saturated rings. The lowest BCUT2D eigenvalue weighted by Crippen LogP contribution is -2.55. The number of ether oxygens (including phenoxy) is 1. The lowest BCUT2D eigenvalue weighted by atomic mass is 9.82. The van der Waals surface area contributed by atoms with Crippen LogP contribution >= 0.6 is 15.9 Å². The lowest BCUT2D eigenvalue weighted by molar-refractivity contribution is -0.150. The number of anilines is 3. The molecule has 5 aliphatic rings. The third-order valence-corrected chi connectivity index (χ3v) is 15.7. The van der Waals surface area contributed by atoms with E-state index in [1.165, 1.54) is 0 Å². The molecule has 0 saturated carbocycles. The number of carbonyl (C=O) groups is 3. The van der Waals surface area contributed by atoms with Crippen LogP contribution in [0.3, 0.4) is 0 Å². The first kappa shape index (κ1) is 37.3. The highest BCUT2D eigenvalue weighted by molar-refractivity contribution is 9.10. The maximum absolute atomic E-state index is 15.1. The van der Waals surface area contributed by atoms with E-state index in [2.05, 4.69) is 38.3 Å². The summed E-state index contributed by atoms with van der Waals surface area (Å²) in [6, 6.07) is 23.6. The minimum Gasteiger partial charge on any atom is -0.432 e. The normalized spacial score (nSPS) is 27.9. The summed E-state index contributed by atoms with van der Waals surface area (Å²) in [6.45, 7) is 8.40. The van der Waals surface area contributed by atoms with Gasteiger partial charge in [0.15, 0.2) is 13.9 Å². The molecule has 3 N–H and O–H groups in total. The Kier molecular flexibility index (Phi) is 9.79. The van der Waals surface area contributed by atoms with Crippen molar-refractivity contribution in [3.05, 3.63) is 88.4 Å². The highest BCUT2D eigenvalue weighted by Crippen LogP contribution is 2.60. The number of aliphatic hydroxyl groups excluding tert-OH is 1. The third kappa shape index (κ3) is 6.02. The van der Waals surface area contributed by atoms with Crippen LogP contribution in [-0.4, -0.2) is 91.4 Å². The summed E-state index contributed by atoms with van der Waals surface area (Å²) in [5, 5.41) is 13.4. The molecule has 0 radical (unpaired) electrons. The van der Waals surface area contributed by atoms with E-state index in [4.69, 9.17) is 4.74 Å². The van der Waals surface area contributed by atoms with Crippen molar-refractivity contribution in [1.29, 1.82) is 0 Å². The van der Waals surface area contributed by atoms with Gasteiger partial charge in [0, 0.05) is 39.4 Å². The van der Waals surface area contributed by atoms with E-state index in [9.17, 15) is 19.5 Å². The van der Waals surface area contributed by atoms with Crippen molar-refractivity contribution in [1.82, 2.24) is 10.2 Å². The van der Waals surface area contributed by atoms with Gasteiger partial charge in [0.05, 0.1) is 44.1 Å². The smallest absolute Gasteiger partial charge is 0.264 e. The second kappa shape index (κ2) is 14.2. The molecule has 3 amide bonds. The highest BCUT2D eigenvalue weighted by Gasteiger charge is 2.66. The number of para-hydroxylation sites is 1. The summed E-state index contributed by atoms with van der Waals surface area (Å²) in [4.78, 5) is 62.6. The van der Waals surface area contributed by atoms with Gasteiger partial charge in [0.1, 0.15) is 5.54 Å². The van der Waals surface area contributed by atoms with Gasteiger partial charge in [-0.25, -0.2) is 0 Å². The second-order valence-electron chi connectivity index (χ2n) is 16.3. The van der Waals surface area contributed by atoms with Crippen LogP contribution < -0.4 is 20.0 Å². The molecule has 54 heavy (non-hydrogen) atoms. The van der Waals surface area contributed by atoms with E-state index in [0.717, 1.165) is 58.6 Å². The number of rotatable bonds is 8. The zero-order valence-electron chi connectivity index (χ0n) is 31.2. The first-order valence-corrected chi connectivity index (χ1v) is 23.1. The van der Waals surface area contributed by atoms with Gasteiger partial charge in [-0.2, -0.15) is 0 Å². The molecule has 5 aliphatic heterocycles. The third-order valence-electron chi connectivity index (χ3n) is 12.7. The zero-order valence-corrected chi connectivity index (χ0v) is 33.8. The molecule has 11 nitrogen and oxygen atoms in total. The number of likely N-dealkylation sites (tertiary alicyclic amines) is 1. The summed E-state index contributed by atoms with van der Waals surface area (Å²) >= 11 is 3.64. The minimum atomic E-state index is -2.99. The van der Waals surface area contributed by atoms with Crippen molar-refractivity contribution in [2.24, 2.45) is 5.92 Å². The molecule has 0 bridgehead atoms. The van der Waals surface area contributed by atoms with Crippen LogP contribution in [0.5, 0.6) is 0 Å². The Hall–Kier alpha value is -3.59. The van der Waals surface area contributed by atoms with E-state index in [1.807, 2.05) is 85.6 Å². The quantitative estimate of drug-likeness (QED) is 0.269. The highest BCUT2D eigenvalue weighted by atomic mass is 79.9.